The zero-order valence-electron chi connectivity index (χ0n) is 11.4. The Kier molecular flexibility index (Phi) is 5.02. The molecule has 1 aromatic carbocycles. The van der Waals surface area contributed by atoms with E-state index in [1.165, 1.54) is 0 Å². The van der Waals surface area contributed by atoms with E-state index in [0.29, 0.717) is 6.54 Å². The topological polar surface area (TPSA) is 55.4 Å². The van der Waals surface area contributed by atoms with E-state index in [2.05, 4.69) is 5.32 Å². The quantitative estimate of drug-likeness (QED) is 0.862. The molecule has 1 rings (SSSR count). The van der Waals surface area contributed by atoms with Gasteiger partial charge in [-0.3, -0.25) is 0 Å². The second-order valence-corrected chi connectivity index (χ2v) is 7.22. The van der Waals surface area contributed by atoms with E-state index < -0.39 is 9.84 Å². The minimum absolute atomic E-state index is 0.127. The number of hydrogen-bond donors (Lipinski definition) is 1. The molecule has 0 bridgehead atoms. The van der Waals surface area contributed by atoms with Crippen molar-refractivity contribution in [3.63, 3.8) is 0 Å². The van der Waals surface area contributed by atoms with Crippen molar-refractivity contribution in [3.05, 3.63) is 23.8 Å². The van der Waals surface area contributed by atoms with Crippen LogP contribution < -0.4 is 10.1 Å². The highest BCUT2D eigenvalue weighted by Gasteiger charge is 2.15. The fourth-order valence-electron chi connectivity index (χ4n) is 1.52. The van der Waals surface area contributed by atoms with Gasteiger partial charge in [0.05, 0.1) is 23.8 Å². The molecule has 0 spiro atoms. The lowest BCUT2D eigenvalue weighted by Gasteiger charge is -2.13. The summed E-state index contributed by atoms with van der Waals surface area (Å²) >= 11 is 0. The molecule has 1 N–H and O–H groups in total. The minimum Gasteiger partial charge on any atom is -0.495 e. The lowest BCUT2D eigenvalue weighted by Crippen LogP contribution is -2.23. The van der Waals surface area contributed by atoms with E-state index in [9.17, 15) is 8.42 Å². The Morgan fingerprint density at radius 3 is 2.56 bits per heavy atom. The third kappa shape index (κ3) is 3.91. The summed E-state index contributed by atoms with van der Waals surface area (Å²) in [5, 5.41) is 2.78. The first-order valence-electron chi connectivity index (χ1n) is 5.97. The van der Waals surface area contributed by atoms with Gasteiger partial charge in [0, 0.05) is 6.54 Å². The number of nitrogens with one attached hydrogen (secondary N) is 1. The first-order valence-corrected chi connectivity index (χ1v) is 7.68. The monoisotopic (exact) mass is 271 g/mol. The first kappa shape index (κ1) is 14.8. The standard InChI is InChI=1S/C13H21NO3S/c1-10(2)18(15,16)8-7-14-12-9-11(3)5-6-13(12)17-4/h5-6,9-10,14H,7-8H2,1-4H3. The van der Waals surface area contributed by atoms with Crippen molar-refractivity contribution in [1.82, 2.24) is 0 Å². The van der Waals surface area contributed by atoms with Crippen LogP contribution in [-0.4, -0.2) is 33.1 Å². The van der Waals surface area contributed by atoms with Crippen molar-refractivity contribution < 1.29 is 13.2 Å². The van der Waals surface area contributed by atoms with Crippen molar-refractivity contribution in [1.29, 1.82) is 0 Å². The summed E-state index contributed by atoms with van der Waals surface area (Å²) in [7, 11) is -1.40. The maximum absolute atomic E-state index is 11.7. The van der Waals surface area contributed by atoms with Crippen LogP contribution in [0.5, 0.6) is 5.75 Å². The predicted octanol–water partition coefficient (Wildman–Crippen LogP) is 2.24. The molecule has 18 heavy (non-hydrogen) atoms. The van der Waals surface area contributed by atoms with Gasteiger partial charge in [0.15, 0.2) is 9.84 Å². The van der Waals surface area contributed by atoms with Gasteiger partial charge in [-0.15, -0.1) is 0 Å². The van der Waals surface area contributed by atoms with Crippen LogP contribution in [0.1, 0.15) is 19.4 Å². The molecule has 1 aromatic rings. The maximum atomic E-state index is 11.7. The molecule has 5 heteroatoms. The van der Waals surface area contributed by atoms with E-state index in [4.69, 9.17) is 4.74 Å². The second kappa shape index (κ2) is 6.09. The first-order chi connectivity index (χ1) is 8.36. The summed E-state index contributed by atoms with van der Waals surface area (Å²) in [6.07, 6.45) is 0. The molecule has 0 saturated carbocycles. The van der Waals surface area contributed by atoms with Crippen LogP contribution in [0.2, 0.25) is 0 Å². The van der Waals surface area contributed by atoms with Crippen LogP contribution >= 0.6 is 0 Å². The third-order valence-corrected chi connectivity index (χ3v) is 4.98. The van der Waals surface area contributed by atoms with E-state index >= 15 is 0 Å². The molecule has 4 nitrogen and oxygen atoms in total. The average molecular weight is 271 g/mol. The fraction of sp³-hybridized carbons (Fsp3) is 0.538. The average Bonchev–Trinajstić information content (AvgIpc) is 2.29. The molecule has 102 valence electrons. The Balaban J connectivity index is 2.67. The molecule has 0 aliphatic heterocycles. The van der Waals surface area contributed by atoms with Gasteiger partial charge in [0.25, 0.3) is 0 Å². The second-order valence-electron chi connectivity index (χ2n) is 4.55. The molecule has 0 heterocycles. The summed E-state index contributed by atoms with van der Waals surface area (Å²) < 4.78 is 28.6. The van der Waals surface area contributed by atoms with Crippen LogP contribution in [0.15, 0.2) is 18.2 Å². The number of aryl methyl sites for hydroxylation is 1. The number of anilines is 1. The molecule has 0 saturated heterocycles. The van der Waals surface area contributed by atoms with Crippen LogP contribution in [0, 0.1) is 6.92 Å². The molecule has 0 aliphatic rings. The summed E-state index contributed by atoms with van der Waals surface area (Å²) in [6, 6.07) is 5.77. The molecule has 0 aliphatic carbocycles. The molecule has 0 aromatic heterocycles. The van der Waals surface area contributed by atoms with Gasteiger partial charge < -0.3 is 10.1 Å². The molecule has 0 amide bonds. The van der Waals surface area contributed by atoms with Crippen molar-refractivity contribution >= 4 is 15.5 Å². The Morgan fingerprint density at radius 1 is 1.33 bits per heavy atom. The van der Waals surface area contributed by atoms with E-state index in [1.54, 1.807) is 21.0 Å². The van der Waals surface area contributed by atoms with Crippen LogP contribution in [-0.2, 0) is 9.84 Å². The Bertz CT molecular complexity index is 495. The molecular formula is C13H21NO3S. The van der Waals surface area contributed by atoms with Crippen LogP contribution in [0.4, 0.5) is 5.69 Å². The number of rotatable bonds is 6. The Labute approximate surface area is 109 Å². The highest BCUT2D eigenvalue weighted by Crippen LogP contribution is 2.24. The van der Waals surface area contributed by atoms with Gasteiger partial charge in [-0.2, -0.15) is 0 Å². The lowest BCUT2D eigenvalue weighted by atomic mass is 10.2. The summed E-state index contributed by atoms with van der Waals surface area (Å²) in [5.41, 5.74) is 1.93. The minimum atomic E-state index is -3.00. The number of sulfone groups is 1. The van der Waals surface area contributed by atoms with Gasteiger partial charge in [-0.05, 0) is 38.5 Å². The Morgan fingerprint density at radius 2 is 2.00 bits per heavy atom. The predicted molar refractivity (Wildman–Crippen MR) is 75.1 cm³/mol. The van der Waals surface area contributed by atoms with Crippen LogP contribution in [0.25, 0.3) is 0 Å². The SMILES string of the molecule is COc1ccc(C)cc1NCCS(=O)(=O)C(C)C. The van der Waals surface area contributed by atoms with Gasteiger partial charge in [0.2, 0.25) is 0 Å². The zero-order chi connectivity index (χ0) is 13.8. The van der Waals surface area contributed by atoms with Crippen molar-refractivity contribution in [3.8, 4) is 5.75 Å². The zero-order valence-corrected chi connectivity index (χ0v) is 12.2. The maximum Gasteiger partial charge on any atom is 0.154 e. The van der Waals surface area contributed by atoms with Gasteiger partial charge in [0.1, 0.15) is 5.75 Å². The summed E-state index contributed by atoms with van der Waals surface area (Å²) in [4.78, 5) is 0. The van der Waals surface area contributed by atoms with E-state index in [1.807, 2.05) is 25.1 Å². The Hall–Kier alpha value is -1.23. The van der Waals surface area contributed by atoms with E-state index in [0.717, 1.165) is 17.0 Å². The normalized spacial score (nSPS) is 11.6. The summed E-state index contributed by atoms with van der Waals surface area (Å²) in [5.74, 6) is 0.851. The molecule has 0 atom stereocenters. The van der Waals surface area contributed by atoms with E-state index in [-0.39, 0.29) is 11.0 Å². The largest absolute Gasteiger partial charge is 0.495 e. The number of ether oxygens (including phenoxy) is 1. The van der Waals surface area contributed by atoms with Crippen molar-refractivity contribution in [2.75, 3.05) is 24.7 Å². The highest BCUT2D eigenvalue weighted by molar-refractivity contribution is 7.92. The van der Waals surface area contributed by atoms with Crippen molar-refractivity contribution in [2.45, 2.75) is 26.0 Å². The highest BCUT2D eigenvalue weighted by atomic mass is 32.2. The lowest BCUT2D eigenvalue weighted by molar-refractivity contribution is 0.416. The molecule has 0 fully saturated rings. The van der Waals surface area contributed by atoms with Gasteiger partial charge in [-0.1, -0.05) is 6.07 Å². The third-order valence-electron chi connectivity index (χ3n) is 2.78. The van der Waals surface area contributed by atoms with Gasteiger partial charge in [-0.25, -0.2) is 8.42 Å². The summed E-state index contributed by atoms with van der Waals surface area (Å²) in [6.45, 7) is 5.76. The molecular weight excluding hydrogens is 250 g/mol. The molecule has 0 unspecified atom stereocenters. The fourth-order valence-corrected chi connectivity index (χ4v) is 2.38. The number of hydrogen-bond acceptors (Lipinski definition) is 4. The number of methoxy groups -OCH3 is 1. The molecule has 0 radical (unpaired) electrons. The van der Waals surface area contributed by atoms with Gasteiger partial charge >= 0.3 is 0 Å². The van der Waals surface area contributed by atoms with Crippen molar-refractivity contribution in [2.24, 2.45) is 0 Å². The van der Waals surface area contributed by atoms with Crippen LogP contribution in [0.3, 0.4) is 0 Å². The smallest absolute Gasteiger partial charge is 0.154 e. The number of benzene rings is 1.